The van der Waals surface area contributed by atoms with Crippen molar-refractivity contribution in [3.63, 3.8) is 0 Å². The molecule has 0 saturated heterocycles. The van der Waals surface area contributed by atoms with Crippen molar-refractivity contribution in [2.24, 2.45) is 0 Å². The molecule has 0 heterocycles. The Hall–Kier alpha value is -1.17. The standard InChI is InChI=1S/C17H30O7/c1-3-5-17(18)24-16-15-23-14-13-22-12-11-21-10-9-20-8-7-19-6-4-2/h2H,3,5-16H2,1H3. The second-order valence-electron chi connectivity index (χ2n) is 4.68. The van der Waals surface area contributed by atoms with Gasteiger partial charge in [0.1, 0.15) is 13.2 Å². The van der Waals surface area contributed by atoms with Crippen molar-refractivity contribution in [3.05, 3.63) is 0 Å². The van der Waals surface area contributed by atoms with E-state index in [0.29, 0.717) is 72.5 Å². The van der Waals surface area contributed by atoms with Gasteiger partial charge in [0.05, 0.1) is 59.5 Å². The lowest BCUT2D eigenvalue weighted by Crippen LogP contribution is -2.14. The van der Waals surface area contributed by atoms with Crippen LogP contribution in [0.4, 0.5) is 0 Å². The smallest absolute Gasteiger partial charge is 0.305 e. The zero-order chi connectivity index (χ0) is 17.7. The predicted molar refractivity (Wildman–Crippen MR) is 88.8 cm³/mol. The zero-order valence-electron chi connectivity index (χ0n) is 14.6. The van der Waals surface area contributed by atoms with Crippen LogP contribution < -0.4 is 0 Å². The maximum Gasteiger partial charge on any atom is 0.305 e. The van der Waals surface area contributed by atoms with E-state index in [1.165, 1.54) is 0 Å². The molecule has 0 fully saturated rings. The van der Waals surface area contributed by atoms with Crippen LogP contribution in [0.3, 0.4) is 0 Å². The van der Waals surface area contributed by atoms with Crippen molar-refractivity contribution >= 4 is 5.97 Å². The Labute approximate surface area is 144 Å². The highest BCUT2D eigenvalue weighted by atomic mass is 16.6. The van der Waals surface area contributed by atoms with Crippen LogP contribution in [-0.2, 0) is 33.2 Å². The topological polar surface area (TPSA) is 72.5 Å². The van der Waals surface area contributed by atoms with E-state index < -0.39 is 0 Å². The third kappa shape index (κ3) is 18.9. The van der Waals surface area contributed by atoms with Crippen molar-refractivity contribution < 1.29 is 33.2 Å². The minimum Gasteiger partial charge on any atom is -0.463 e. The summed E-state index contributed by atoms with van der Waals surface area (Å²) in [7, 11) is 0. The largest absolute Gasteiger partial charge is 0.463 e. The minimum atomic E-state index is -0.182. The van der Waals surface area contributed by atoms with Crippen molar-refractivity contribution in [2.45, 2.75) is 19.8 Å². The van der Waals surface area contributed by atoms with Gasteiger partial charge in [-0.25, -0.2) is 0 Å². The number of terminal acetylenes is 1. The molecule has 140 valence electrons. The molecule has 0 unspecified atom stereocenters. The summed E-state index contributed by atoms with van der Waals surface area (Å²) in [5, 5.41) is 0. The predicted octanol–water partition coefficient (Wildman–Crippen LogP) is 1.05. The van der Waals surface area contributed by atoms with Gasteiger partial charge in [-0.1, -0.05) is 12.8 Å². The number of carbonyl (C=O) groups excluding carboxylic acids is 1. The average molecular weight is 346 g/mol. The molecule has 0 spiro atoms. The van der Waals surface area contributed by atoms with Crippen LogP contribution in [0.2, 0.25) is 0 Å². The fraction of sp³-hybridized carbons (Fsp3) is 0.824. The Balaban J connectivity index is 3.03. The van der Waals surface area contributed by atoms with Gasteiger partial charge >= 0.3 is 5.97 Å². The van der Waals surface area contributed by atoms with Gasteiger partial charge in [-0.05, 0) is 6.42 Å². The zero-order valence-corrected chi connectivity index (χ0v) is 14.6. The van der Waals surface area contributed by atoms with E-state index in [1.54, 1.807) is 0 Å². The summed E-state index contributed by atoms with van der Waals surface area (Å²) in [6.07, 6.45) is 6.28. The fourth-order valence-corrected chi connectivity index (χ4v) is 1.50. The molecule has 0 aliphatic rings. The van der Waals surface area contributed by atoms with E-state index in [4.69, 9.17) is 34.8 Å². The van der Waals surface area contributed by atoms with Gasteiger partial charge in [0, 0.05) is 6.42 Å². The number of rotatable bonds is 18. The first-order valence-corrected chi connectivity index (χ1v) is 8.29. The van der Waals surface area contributed by atoms with Crippen LogP contribution in [0.15, 0.2) is 0 Å². The molecule has 0 radical (unpaired) electrons. The molecule has 0 amide bonds. The van der Waals surface area contributed by atoms with Crippen molar-refractivity contribution in [2.75, 3.05) is 72.7 Å². The molecule has 0 aromatic rings. The van der Waals surface area contributed by atoms with Gasteiger partial charge in [-0.15, -0.1) is 6.42 Å². The average Bonchev–Trinajstić information content (AvgIpc) is 2.58. The Morgan fingerprint density at radius 1 is 0.750 bits per heavy atom. The van der Waals surface area contributed by atoms with Gasteiger partial charge in [0.15, 0.2) is 0 Å². The summed E-state index contributed by atoms with van der Waals surface area (Å²) in [4.78, 5) is 11.1. The Kier molecular flexibility index (Phi) is 18.9. The molecule has 0 rings (SSSR count). The van der Waals surface area contributed by atoms with E-state index in [2.05, 4.69) is 5.92 Å². The highest BCUT2D eigenvalue weighted by Crippen LogP contribution is 1.91. The first-order valence-electron chi connectivity index (χ1n) is 8.29. The van der Waals surface area contributed by atoms with E-state index >= 15 is 0 Å². The molecule has 0 bridgehead atoms. The van der Waals surface area contributed by atoms with Crippen molar-refractivity contribution in [1.29, 1.82) is 0 Å². The Bertz CT molecular complexity index is 315. The van der Waals surface area contributed by atoms with E-state index in [1.807, 2.05) is 6.92 Å². The summed E-state index contributed by atoms with van der Waals surface area (Å²) in [5.74, 6) is 2.20. The number of ether oxygens (including phenoxy) is 6. The summed E-state index contributed by atoms with van der Waals surface area (Å²) >= 11 is 0. The lowest BCUT2D eigenvalue weighted by atomic mass is 10.3. The highest BCUT2D eigenvalue weighted by Gasteiger charge is 1.99. The van der Waals surface area contributed by atoms with Gasteiger partial charge in [-0.3, -0.25) is 4.79 Å². The van der Waals surface area contributed by atoms with Crippen LogP contribution >= 0.6 is 0 Å². The first-order chi connectivity index (χ1) is 11.8. The van der Waals surface area contributed by atoms with Crippen LogP contribution in [0.5, 0.6) is 0 Å². The molecule has 0 aromatic heterocycles. The van der Waals surface area contributed by atoms with Gasteiger partial charge in [0.2, 0.25) is 0 Å². The van der Waals surface area contributed by atoms with Crippen LogP contribution in [0.1, 0.15) is 19.8 Å². The second-order valence-corrected chi connectivity index (χ2v) is 4.68. The number of hydrogen-bond acceptors (Lipinski definition) is 7. The van der Waals surface area contributed by atoms with Gasteiger partial charge < -0.3 is 28.4 Å². The maximum absolute atomic E-state index is 11.1. The van der Waals surface area contributed by atoms with Crippen LogP contribution in [0, 0.1) is 12.3 Å². The second kappa shape index (κ2) is 19.9. The van der Waals surface area contributed by atoms with E-state index in [-0.39, 0.29) is 12.6 Å². The molecule has 0 N–H and O–H groups in total. The maximum atomic E-state index is 11.1. The molecule has 0 aromatic carbocycles. The molecule has 0 atom stereocenters. The third-order valence-corrected chi connectivity index (χ3v) is 2.62. The minimum absolute atomic E-state index is 0.182. The molecule has 7 nitrogen and oxygen atoms in total. The summed E-state index contributed by atoms with van der Waals surface area (Å²) in [6.45, 7) is 6.89. The molecular formula is C17H30O7. The van der Waals surface area contributed by atoms with Gasteiger partial charge in [0.25, 0.3) is 0 Å². The lowest BCUT2D eigenvalue weighted by Gasteiger charge is -2.08. The summed E-state index contributed by atoms with van der Waals surface area (Å²) in [5.41, 5.74) is 0. The number of esters is 1. The molecule has 24 heavy (non-hydrogen) atoms. The summed E-state index contributed by atoms with van der Waals surface area (Å²) < 4.78 is 31.2. The normalized spacial score (nSPS) is 10.5. The van der Waals surface area contributed by atoms with Crippen molar-refractivity contribution in [1.82, 2.24) is 0 Å². The van der Waals surface area contributed by atoms with E-state index in [0.717, 1.165) is 6.42 Å². The molecule has 0 saturated carbocycles. The summed E-state index contributed by atoms with van der Waals surface area (Å²) in [6, 6.07) is 0. The fourth-order valence-electron chi connectivity index (χ4n) is 1.50. The van der Waals surface area contributed by atoms with Gasteiger partial charge in [-0.2, -0.15) is 0 Å². The SMILES string of the molecule is C#CCOCCOCCOCCOCCOCCOC(=O)CCC. The van der Waals surface area contributed by atoms with E-state index in [9.17, 15) is 4.79 Å². The first kappa shape index (κ1) is 22.8. The Morgan fingerprint density at radius 2 is 1.17 bits per heavy atom. The Morgan fingerprint density at radius 3 is 1.58 bits per heavy atom. The quantitative estimate of drug-likeness (QED) is 0.209. The molecule has 0 aliphatic heterocycles. The van der Waals surface area contributed by atoms with Crippen LogP contribution in [-0.4, -0.2) is 78.6 Å². The number of hydrogen-bond donors (Lipinski definition) is 0. The molecule has 7 heteroatoms. The third-order valence-electron chi connectivity index (χ3n) is 2.62. The lowest BCUT2D eigenvalue weighted by molar-refractivity contribution is -0.145. The van der Waals surface area contributed by atoms with Crippen molar-refractivity contribution in [3.8, 4) is 12.3 Å². The number of carbonyl (C=O) groups is 1. The monoisotopic (exact) mass is 346 g/mol. The highest BCUT2D eigenvalue weighted by molar-refractivity contribution is 5.69. The van der Waals surface area contributed by atoms with Crippen LogP contribution in [0.25, 0.3) is 0 Å². The molecular weight excluding hydrogens is 316 g/mol. The molecule has 0 aliphatic carbocycles.